The lowest BCUT2D eigenvalue weighted by Crippen LogP contribution is -2.30. The highest BCUT2D eigenvalue weighted by atomic mass is 79.9. The highest BCUT2D eigenvalue weighted by Gasteiger charge is 2.09. The van der Waals surface area contributed by atoms with Crippen molar-refractivity contribution in [1.82, 2.24) is 5.32 Å². The molecule has 0 aliphatic carbocycles. The zero-order chi connectivity index (χ0) is 14.3. The van der Waals surface area contributed by atoms with Gasteiger partial charge in [-0.05, 0) is 40.5 Å². The minimum atomic E-state index is -1.05. The summed E-state index contributed by atoms with van der Waals surface area (Å²) in [7, 11) is 1.59. The van der Waals surface area contributed by atoms with Crippen LogP contribution in [0.5, 0.6) is 0 Å². The SMILES string of the molecule is COCCCNC(=O)Nc1cc(C(=O)O)ccc1Br. The quantitative estimate of drug-likeness (QED) is 0.698. The van der Waals surface area contributed by atoms with E-state index in [0.29, 0.717) is 29.7 Å². The lowest BCUT2D eigenvalue weighted by atomic mass is 10.2. The van der Waals surface area contributed by atoms with E-state index in [4.69, 9.17) is 9.84 Å². The van der Waals surface area contributed by atoms with Crippen LogP contribution < -0.4 is 10.6 Å². The first-order valence-electron chi connectivity index (χ1n) is 5.61. The van der Waals surface area contributed by atoms with Gasteiger partial charge >= 0.3 is 12.0 Å². The number of aromatic carboxylic acids is 1. The van der Waals surface area contributed by atoms with Crippen molar-refractivity contribution in [2.24, 2.45) is 0 Å². The Kier molecular flexibility index (Phi) is 6.31. The Morgan fingerprint density at radius 3 is 2.79 bits per heavy atom. The van der Waals surface area contributed by atoms with Crippen molar-refractivity contribution >= 4 is 33.6 Å². The number of carboxylic acid groups (broad SMARTS) is 1. The third-order valence-corrected chi connectivity index (χ3v) is 2.96. The highest BCUT2D eigenvalue weighted by molar-refractivity contribution is 9.10. The van der Waals surface area contributed by atoms with Crippen LogP contribution in [0.2, 0.25) is 0 Å². The number of urea groups is 1. The Balaban J connectivity index is 2.58. The number of hydrogen-bond acceptors (Lipinski definition) is 3. The summed E-state index contributed by atoms with van der Waals surface area (Å²) in [6, 6.07) is 4.03. The number of carbonyl (C=O) groups is 2. The Hall–Kier alpha value is -1.60. The number of carboxylic acids is 1. The van der Waals surface area contributed by atoms with Crippen molar-refractivity contribution in [3.05, 3.63) is 28.2 Å². The Bertz CT molecular complexity index is 465. The van der Waals surface area contributed by atoms with Gasteiger partial charge in [0.2, 0.25) is 0 Å². The zero-order valence-corrected chi connectivity index (χ0v) is 12.0. The molecular formula is C12H15BrN2O4. The summed E-state index contributed by atoms with van der Waals surface area (Å²) in [5.41, 5.74) is 0.516. The van der Waals surface area contributed by atoms with Gasteiger partial charge in [-0.25, -0.2) is 9.59 Å². The summed E-state index contributed by atoms with van der Waals surface area (Å²) in [6.45, 7) is 1.05. The Morgan fingerprint density at radius 2 is 2.16 bits per heavy atom. The van der Waals surface area contributed by atoms with Crippen LogP contribution in [0, 0.1) is 0 Å². The number of halogens is 1. The average Bonchev–Trinajstić information content (AvgIpc) is 2.37. The number of rotatable bonds is 6. The molecule has 0 fully saturated rings. The fourth-order valence-corrected chi connectivity index (χ4v) is 1.68. The Labute approximate surface area is 119 Å². The fourth-order valence-electron chi connectivity index (χ4n) is 1.34. The standard InChI is InChI=1S/C12H15BrN2O4/c1-19-6-2-5-14-12(18)15-10-7-8(11(16)17)3-4-9(10)13/h3-4,7H,2,5-6H2,1H3,(H,16,17)(H2,14,15,18). The van der Waals surface area contributed by atoms with Crippen LogP contribution in [0.25, 0.3) is 0 Å². The summed E-state index contributed by atoms with van der Waals surface area (Å²) < 4.78 is 5.47. The van der Waals surface area contributed by atoms with E-state index in [9.17, 15) is 9.59 Å². The van der Waals surface area contributed by atoms with Crippen molar-refractivity contribution in [3.8, 4) is 0 Å². The molecule has 0 aromatic heterocycles. The van der Waals surface area contributed by atoms with E-state index < -0.39 is 5.97 Å². The molecular weight excluding hydrogens is 316 g/mol. The van der Waals surface area contributed by atoms with Gasteiger partial charge < -0.3 is 20.5 Å². The normalized spacial score (nSPS) is 10.0. The predicted molar refractivity (Wildman–Crippen MR) is 74.6 cm³/mol. The molecule has 0 unspecified atom stereocenters. The van der Waals surface area contributed by atoms with Crippen LogP contribution in [0.15, 0.2) is 22.7 Å². The maximum Gasteiger partial charge on any atom is 0.335 e. The number of ether oxygens (including phenoxy) is 1. The minimum absolute atomic E-state index is 0.109. The molecule has 7 heteroatoms. The van der Waals surface area contributed by atoms with Gasteiger partial charge in [-0.2, -0.15) is 0 Å². The first-order valence-corrected chi connectivity index (χ1v) is 6.40. The predicted octanol–water partition coefficient (Wildman–Crippen LogP) is 2.31. The summed E-state index contributed by atoms with van der Waals surface area (Å²) in [5, 5.41) is 14.1. The molecule has 104 valence electrons. The summed E-state index contributed by atoms with van der Waals surface area (Å²) in [5.74, 6) is -1.05. The monoisotopic (exact) mass is 330 g/mol. The van der Waals surface area contributed by atoms with E-state index in [1.807, 2.05) is 0 Å². The van der Waals surface area contributed by atoms with E-state index in [0.717, 1.165) is 0 Å². The van der Waals surface area contributed by atoms with Gasteiger partial charge in [0.25, 0.3) is 0 Å². The molecule has 0 aliphatic heterocycles. The number of methoxy groups -OCH3 is 1. The molecule has 0 spiro atoms. The molecule has 0 saturated carbocycles. The van der Waals surface area contributed by atoms with Crippen LogP contribution >= 0.6 is 15.9 Å². The molecule has 0 heterocycles. The maximum absolute atomic E-state index is 11.6. The minimum Gasteiger partial charge on any atom is -0.478 e. The third kappa shape index (κ3) is 5.27. The molecule has 1 rings (SSSR count). The molecule has 1 aromatic carbocycles. The molecule has 19 heavy (non-hydrogen) atoms. The van der Waals surface area contributed by atoms with Gasteiger partial charge in [0, 0.05) is 24.7 Å². The molecule has 0 aliphatic rings. The van der Waals surface area contributed by atoms with Crippen molar-refractivity contribution in [3.63, 3.8) is 0 Å². The summed E-state index contributed by atoms with van der Waals surface area (Å²) >= 11 is 3.25. The first kappa shape index (κ1) is 15.5. The van der Waals surface area contributed by atoms with Gasteiger partial charge in [-0.1, -0.05) is 0 Å². The molecule has 0 radical (unpaired) electrons. The smallest absolute Gasteiger partial charge is 0.335 e. The Morgan fingerprint density at radius 1 is 1.42 bits per heavy atom. The second-order valence-electron chi connectivity index (χ2n) is 3.73. The van der Waals surface area contributed by atoms with Crippen molar-refractivity contribution in [2.45, 2.75) is 6.42 Å². The second kappa shape index (κ2) is 7.75. The van der Waals surface area contributed by atoms with E-state index in [1.165, 1.54) is 12.1 Å². The summed E-state index contributed by atoms with van der Waals surface area (Å²) in [6.07, 6.45) is 0.709. The highest BCUT2D eigenvalue weighted by Crippen LogP contribution is 2.23. The van der Waals surface area contributed by atoms with E-state index in [1.54, 1.807) is 13.2 Å². The van der Waals surface area contributed by atoms with Gasteiger partial charge in [0.05, 0.1) is 11.3 Å². The van der Waals surface area contributed by atoms with Gasteiger partial charge in [-0.3, -0.25) is 0 Å². The molecule has 0 atom stereocenters. The van der Waals surface area contributed by atoms with Crippen LogP contribution in [0.1, 0.15) is 16.8 Å². The second-order valence-corrected chi connectivity index (χ2v) is 4.58. The molecule has 1 aromatic rings. The van der Waals surface area contributed by atoms with Gasteiger partial charge in [0.15, 0.2) is 0 Å². The third-order valence-electron chi connectivity index (χ3n) is 2.27. The van der Waals surface area contributed by atoms with Crippen LogP contribution in [-0.2, 0) is 4.74 Å². The van der Waals surface area contributed by atoms with Crippen molar-refractivity contribution < 1.29 is 19.4 Å². The molecule has 6 nitrogen and oxygen atoms in total. The van der Waals surface area contributed by atoms with Crippen LogP contribution in [0.4, 0.5) is 10.5 Å². The molecule has 2 amide bonds. The number of benzene rings is 1. The van der Waals surface area contributed by atoms with E-state index >= 15 is 0 Å². The zero-order valence-electron chi connectivity index (χ0n) is 10.4. The average molecular weight is 331 g/mol. The lowest BCUT2D eigenvalue weighted by Gasteiger charge is -2.09. The number of amides is 2. The van der Waals surface area contributed by atoms with Crippen molar-refractivity contribution in [2.75, 3.05) is 25.6 Å². The number of anilines is 1. The topological polar surface area (TPSA) is 87.7 Å². The molecule has 0 bridgehead atoms. The van der Waals surface area contributed by atoms with Gasteiger partial charge in [-0.15, -0.1) is 0 Å². The maximum atomic E-state index is 11.6. The van der Waals surface area contributed by atoms with Gasteiger partial charge in [0.1, 0.15) is 0 Å². The largest absolute Gasteiger partial charge is 0.478 e. The number of carbonyl (C=O) groups excluding carboxylic acids is 1. The van der Waals surface area contributed by atoms with Crippen LogP contribution in [-0.4, -0.2) is 37.4 Å². The van der Waals surface area contributed by atoms with Crippen LogP contribution in [0.3, 0.4) is 0 Å². The summed E-state index contributed by atoms with van der Waals surface area (Å²) in [4.78, 5) is 22.4. The molecule has 0 saturated heterocycles. The number of hydrogen-bond donors (Lipinski definition) is 3. The fraction of sp³-hybridized carbons (Fsp3) is 0.333. The van der Waals surface area contributed by atoms with E-state index in [2.05, 4.69) is 26.6 Å². The van der Waals surface area contributed by atoms with Crippen molar-refractivity contribution in [1.29, 1.82) is 0 Å². The number of nitrogens with one attached hydrogen (secondary N) is 2. The lowest BCUT2D eigenvalue weighted by molar-refractivity contribution is 0.0697. The first-order chi connectivity index (χ1) is 9.04. The van der Waals surface area contributed by atoms with E-state index in [-0.39, 0.29) is 11.6 Å². The molecule has 3 N–H and O–H groups in total.